The SMILES string of the molecule is CC(CC(F)(F)F)NC(=O)c1nnc(N)s1. The van der Waals surface area contributed by atoms with Crippen molar-refractivity contribution < 1.29 is 18.0 Å². The van der Waals surface area contributed by atoms with E-state index in [-0.39, 0.29) is 10.1 Å². The number of hydrogen-bond acceptors (Lipinski definition) is 5. The summed E-state index contributed by atoms with van der Waals surface area (Å²) in [6.07, 6.45) is -5.40. The number of aromatic nitrogens is 2. The van der Waals surface area contributed by atoms with Crippen LogP contribution in [0.2, 0.25) is 0 Å². The number of hydrogen-bond donors (Lipinski definition) is 2. The highest BCUT2D eigenvalue weighted by molar-refractivity contribution is 7.16. The van der Waals surface area contributed by atoms with Crippen LogP contribution in [0.1, 0.15) is 23.1 Å². The summed E-state index contributed by atoms with van der Waals surface area (Å²) >= 11 is 0.818. The number of nitrogens with zero attached hydrogens (tertiary/aromatic N) is 2. The van der Waals surface area contributed by atoms with Crippen LogP contribution >= 0.6 is 11.3 Å². The minimum atomic E-state index is -4.31. The number of carbonyl (C=O) groups excluding carboxylic acids is 1. The van der Waals surface area contributed by atoms with Crippen molar-refractivity contribution in [2.45, 2.75) is 25.6 Å². The lowest BCUT2D eigenvalue weighted by atomic mass is 10.2. The van der Waals surface area contributed by atoms with Crippen LogP contribution in [0.15, 0.2) is 0 Å². The van der Waals surface area contributed by atoms with Gasteiger partial charge in [-0.1, -0.05) is 11.3 Å². The van der Waals surface area contributed by atoms with E-state index >= 15 is 0 Å². The molecule has 0 bridgehead atoms. The Labute approximate surface area is 92.9 Å². The molecule has 0 aliphatic carbocycles. The molecule has 5 nitrogen and oxygen atoms in total. The molecule has 1 aromatic rings. The number of rotatable bonds is 3. The van der Waals surface area contributed by atoms with Crippen LogP contribution in [0.4, 0.5) is 18.3 Å². The molecule has 1 amide bonds. The maximum Gasteiger partial charge on any atom is 0.391 e. The van der Waals surface area contributed by atoms with Crippen molar-refractivity contribution in [1.82, 2.24) is 15.5 Å². The van der Waals surface area contributed by atoms with E-state index in [1.807, 2.05) is 0 Å². The predicted molar refractivity (Wildman–Crippen MR) is 51.9 cm³/mol. The fourth-order valence-corrected chi connectivity index (χ4v) is 1.52. The van der Waals surface area contributed by atoms with E-state index in [0.29, 0.717) is 0 Å². The number of alkyl halides is 3. The lowest BCUT2D eigenvalue weighted by Crippen LogP contribution is -2.35. The van der Waals surface area contributed by atoms with Gasteiger partial charge in [-0.3, -0.25) is 4.79 Å². The van der Waals surface area contributed by atoms with E-state index < -0.39 is 24.5 Å². The van der Waals surface area contributed by atoms with E-state index in [0.717, 1.165) is 11.3 Å². The third kappa shape index (κ3) is 4.01. The van der Waals surface area contributed by atoms with Gasteiger partial charge >= 0.3 is 6.18 Å². The molecule has 16 heavy (non-hydrogen) atoms. The van der Waals surface area contributed by atoms with Gasteiger partial charge < -0.3 is 11.1 Å². The van der Waals surface area contributed by atoms with E-state index in [1.54, 1.807) is 0 Å². The number of nitrogens with one attached hydrogen (secondary N) is 1. The van der Waals surface area contributed by atoms with Gasteiger partial charge in [-0.05, 0) is 6.92 Å². The summed E-state index contributed by atoms with van der Waals surface area (Å²) in [4.78, 5) is 11.3. The highest BCUT2D eigenvalue weighted by Gasteiger charge is 2.31. The molecule has 1 heterocycles. The Balaban J connectivity index is 2.52. The van der Waals surface area contributed by atoms with Crippen molar-refractivity contribution >= 4 is 22.4 Å². The van der Waals surface area contributed by atoms with Gasteiger partial charge in [0.15, 0.2) is 0 Å². The Morgan fingerprint density at radius 2 is 2.19 bits per heavy atom. The van der Waals surface area contributed by atoms with E-state index in [1.165, 1.54) is 6.92 Å². The lowest BCUT2D eigenvalue weighted by molar-refractivity contribution is -0.138. The molecule has 1 rings (SSSR count). The molecule has 9 heteroatoms. The van der Waals surface area contributed by atoms with Gasteiger partial charge in [-0.15, -0.1) is 10.2 Å². The minimum absolute atomic E-state index is 0.0495. The first-order valence-corrected chi connectivity index (χ1v) is 5.06. The Hall–Kier alpha value is -1.38. The predicted octanol–water partition coefficient (Wildman–Crippen LogP) is 1.19. The van der Waals surface area contributed by atoms with Crippen LogP contribution < -0.4 is 11.1 Å². The van der Waals surface area contributed by atoms with Crippen molar-refractivity contribution in [2.75, 3.05) is 5.73 Å². The summed E-state index contributed by atoms with van der Waals surface area (Å²) in [5.41, 5.74) is 5.23. The molecule has 0 aromatic carbocycles. The second kappa shape index (κ2) is 4.64. The average molecular weight is 254 g/mol. The van der Waals surface area contributed by atoms with Crippen molar-refractivity contribution in [3.63, 3.8) is 0 Å². The van der Waals surface area contributed by atoms with Gasteiger partial charge in [0, 0.05) is 6.04 Å². The number of nitrogens with two attached hydrogens (primary N) is 1. The summed E-state index contributed by atoms with van der Waals surface area (Å²) in [5, 5.41) is 9.00. The second-order valence-electron chi connectivity index (χ2n) is 3.14. The first-order chi connectivity index (χ1) is 7.28. The largest absolute Gasteiger partial charge is 0.391 e. The smallest absolute Gasteiger partial charge is 0.374 e. The Bertz CT molecular complexity index is 378. The van der Waals surface area contributed by atoms with Crippen molar-refractivity contribution in [1.29, 1.82) is 0 Å². The number of nitrogen functional groups attached to an aromatic ring is 1. The highest BCUT2D eigenvalue weighted by atomic mass is 32.1. The molecule has 0 saturated heterocycles. The fourth-order valence-electron chi connectivity index (χ4n) is 1.01. The molecular weight excluding hydrogens is 245 g/mol. The van der Waals surface area contributed by atoms with Crippen LogP contribution in [0, 0.1) is 0 Å². The first-order valence-electron chi connectivity index (χ1n) is 4.24. The molecule has 1 aromatic heterocycles. The Kier molecular flexibility index (Phi) is 3.68. The number of halogens is 3. The third-order valence-corrected chi connectivity index (χ3v) is 2.30. The average Bonchev–Trinajstić information content (AvgIpc) is 2.47. The molecule has 0 fully saturated rings. The minimum Gasteiger partial charge on any atom is -0.374 e. The lowest BCUT2D eigenvalue weighted by Gasteiger charge is -2.14. The summed E-state index contributed by atoms with van der Waals surface area (Å²) in [6, 6.07) is -1.02. The van der Waals surface area contributed by atoms with Crippen LogP contribution in [-0.4, -0.2) is 28.3 Å². The summed E-state index contributed by atoms with van der Waals surface area (Å²) < 4.78 is 35.9. The maximum atomic E-state index is 12.0. The van der Waals surface area contributed by atoms with Crippen LogP contribution in [0.5, 0.6) is 0 Å². The summed E-state index contributed by atoms with van der Waals surface area (Å²) in [5.74, 6) is -0.703. The quantitative estimate of drug-likeness (QED) is 0.849. The molecule has 0 saturated carbocycles. The molecular formula is C7H9F3N4OS. The topological polar surface area (TPSA) is 80.9 Å². The molecule has 0 spiro atoms. The Morgan fingerprint density at radius 1 is 1.56 bits per heavy atom. The van der Waals surface area contributed by atoms with Gasteiger partial charge in [0.25, 0.3) is 5.91 Å². The Morgan fingerprint density at radius 3 is 2.62 bits per heavy atom. The van der Waals surface area contributed by atoms with Crippen LogP contribution in [-0.2, 0) is 0 Å². The normalized spacial score (nSPS) is 13.5. The third-order valence-electron chi connectivity index (χ3n) is 1.55. The zero-order valence-corrected chi connectivity index (χ0v) is 9.02. The van der Waals surface area contributed by atoms with Crippen molar-refractivity contribution in [2.24, 2.45) is 0 Å². The summed E-state index contributed by atoms with van der Waals surface area (Å²) in [6.45, 7) is 1.26. The number of carbonyl (C=O) groups is 1. The zero-order chi connectivity index (χ0) is 12.3. The number of amides is 1. The monoisotopic (exact) mass is 254 g/mol. The summed E-state index contributed by atoms with van der Waals surface area (Å²) in [7, 11) is 0. The molecule has 90 valence electrons. The van der Waals surface area contributed by atoms with E-state index in [9.17, 15) is 18.0 Å². The maximum absolute atomic E-state index is 12.0. The molecule has 0 radical (unpaired) electrons. The fraction of sp³-hybridized carbons (Fsp3) is 0.571. The first kappa shape index (κ1) is 12.7. The molecule has 0 aliphatic heterocycles. The van der Waals surface area contributed by atoms with Crippen molar-refractivity contribution in [3.05, 3.63) is 5.01 Å². The highest BCUT2D eigenvalue weighted by Crippen LogP contribution is 2.21. The van der Waals surface area contributed by atoms with Gasteiger partial charge in [0.2, 0.25) is 10.1 Å². The molecule has 1 atom stereocenters. The second-order valence-corrected chi connectivity index (χ2v) is 4.15. The zero-order valence-electron chi connectivity index (χ0n) is 8.21. The van der Waals surface area contributed by atoms with Crippen LogP contribution in [0.3, 0.4) is 0 Å². The molecule has 3 N–H and O–H groups in total. The van der Waals surface area contributed by atoms with E-state index in [2.05, 4.69) is 15.5 Å². The number of anilines is 1. The van der Waals surface area contributed by atoms with Gasteiger partial charge in [0.1, 0.15) is 0 Å². The standard InChI is InChI=1S/C7H9F3N4OS/c1-3(2-7(8,9)10)12-4(15)5-13-14-6(11)16-5/h3H,2H2,1H3,(H2,11,14)(H,12,15). The molecule has 0 aliphatic rings. The van der Waals surface area contributed by atoms with Gasteiger partial charge in [0.05, 0.1) is 6.42 Å². The molecule has 1 unspecified atom stereocenters. The van der Waals surface area contributed by atoms with Gasteiger partial charge in [-0.2, -0.15) is 13.2 Å². The van der Waals surface area contributed by atoms with Crippen LogP contribution in [0.25, 0.3) is 0 Å². The van der Waals surface area contributed by atoms with Gasteiger partial charge in [-0.25, -0.2) is 0 Å². The van der Waals surface area contributed by atoms with Crippen molar-refractivity contribution in [3.8, 4) is 0 Å². The van der Waals surface area contributed by atoms with E-state index in [4.69, 9.17) is 5.73 Å².